The first-order valence-corrected chi connectivity index (χ1v) is 9.81. The maximum Gasteiger partial charge on any atom is 0.271 e. The largest absolute Gasteiger partial charge is 0.339 e. The van der Waals surface area contributed by atoms with E-state index in [1.807, 2.05) is 4.90 Å². The molecule has 2 rings (SSSR count). The van der Waals surface area contributed by atoms with Gasteiger partial charge in [-0.25, -0.2) is 8.42 Å². The van der Waals surface area contributed by atoms with Gasteiger partial charge in [0.25, 0.3) is 15.0 Å². The molecule has 1 unspecified atom stereocenters. The average molecular weight is 336 g/mol. The maximum atomic E-state index is 12.5. The Morgan fingerprint density at radius 2 is 2.10 bits per heavy atom. The third-order valence-corrected chi connectivity index (χ3v) is 7.06. The molecule has 1 aromatic heterocycles. The molecular weight excluding hydrogens is 318 g/mol. The Labute approximate surface area is 128 Å². The lowest BCUT2D eigenvalue weighted by Crippen LogP contribution is -2.32. The van der Waals surface area contributed by atoms with E-state index in [2.05, 4.69) is 6.92 Å². The van der Waals surface area contributed by atoms with Gasteiger partial charge in [0.05, 0.1) is 5.56 Å². The Morgan fingerprint density at radius 1 is 1.40 bits per heavy atom. The van der Waals surface area contributed by atoms with E-state index in [4.69, 9.17) is 10.7 Å². The van der Waals surface area contributed by atoms with Gasteiger partial charge >= 0.3 is 0 Å². The van der Waals surface area contributed by atoms with Gasteiger partial charge in [-0.2, -0.15) is 0 Å². The zero-order chi connectivity index (χ0) is 14.9. The molecule has 1 aliphatic heterocycles. The lowest BCUT2D eigenvalue weighted by atomic mass is 10.0. The second-order valence-electron chi connectivity index (χ2n) is 5.33. The highest BCUT2D eigenvalue weighted by Gasteiger charge is 2.26. The van der Waals surface area contributed by atoms with E-state index in [1.165, 1.54) is 0 Å². The third-order valence-electron chi connectivity index (χ3n) is 3.75. The minimum atomic E-state index is -3.77. The molecule has 112 valence electrons. The van der Waals surface area contributed by atoms with E-state index in [-0.39, 0.29) is 10.1 Å². The van der Waals surface area contributed by atoms with Gasteiger partial charge in [-0.1, -0.05) is 6.92 Å². The number of rotatable bonds is 2. The maximum absolute atomic E-state index is 12.5. The summed E-state index contributed by atoms with van der Waals surface area (Å²) in [5.41, 5.74) is 0.927. The van der Waals surface area contributed by atoms with Gasteiger partial charge < -0.3 is 4.90 Å². The molecule has 1 atom stereocenters. The van der Waals surface area contributed by atoms with Crippen molar-refractivity contribution < 1.29 is 13.2 Å². The molecule has 0 bridgehead atoms. The van der Waals surface area contributed by atoms with Crippen molar-refractivity contribution in [2.45, 2.75) is 37.3 Å². The van der Waals surface area contributed by atoms with E-state index in [9.17, 15) is 13.2 Å². The van der Waals surface area contributed by atoms with E-state index in [0.29, 0.717) is 17.0 Å². The van der Waals surface area contributed by atoms with Crippen molar-refractivity contribution in [1.82, 2.24) is 4.90 Å². The summed E-state index contributed by atoms with van der Waals surface area (Å²) < 4.78 is 22.9. The summed E-state index contributed by atoms with van der Waals surface area (Å²) in [6.45, 7) is 5.31. The van der Waals surface area contributed by atoms with Crippen LogP contribution in [0.3, 0.4) is 0 Å². The van der Waals surface area contributed by atoms with Crippen molar-refractivity contribution in [2.75, 3.05) is 13.1 Å². The minimum absolute atomic E-state index is 0.0747. The third kappa shape index (κ3) is 3.35. The van der Waals surface area contributed by atoms with Crippen LogP contribution in [-0.2, 0) is 9.05 Å². The second kappa shape index (κ2) is 6.03. The first-order valence-electron chi connectivity index (χ1n) is 6.62. The van der Waals surface area contributed by atoms with Gasteiger partial charge in [-0.15, -0.1) is 11.3 Å². The summed E-state index contributed by atoms with van der Waals surface area (Å²) in [6, 6.07) is 0. The first kappa shape index (κ1) is 15.8. The first-order chi connectivity index (χ1) is 9.30. The van der Waals surface area contributed by atoms with Gasteiger partial charge in [-0.05, 0) is 37.7 Å². The van der Waals surface area contributed by atoms with Crippen LogP contribution in [0.5, 0.6) is 0 Å². The van der Waals surface area contributed by atoms with Crippen LogP contribution in [0, 0.1) is 12.8 Å². The van der Waals surface area contributed by atoms with Crippen molar-refractivity contribution in [2.24, 2.45) is 5.92 Å². The number of hydrogen-bond acceptors (Lipinski definition) is 4. The molecule has 0 radical (unpaired) electrons. The zero-order valence-electron chi connectivity index (χ0n) is 11.6. The Balaban J connectivity index is 2.24. The monoisotopic (exact) mass is 335 g/mol. The van der Waals surface area contributed by atoms with Gasteiger partial charge in [0.2, 0.25) is 0 Å². The topological polar surface area (TPSA) is 54.5 Å². The second-order valence-corrected chi connectivity index (χ2v) is 8.97. The Kier molecular flexibility index (Phi) is 4.76. The average Bonchev–Trinajstić information content (AvgIpc) is 2.60. The highest BCUT2D eigenvalue weighted by atomic mass is 35.7. The molecule has 1 fully saturated rings. The lowest BCUT2D eigenvalue weighted by molar-refractivity contribution is 0.0760. The number of carbonyl (C=O) groups is 1. The Hall–Kier alpha value is -0.590. The van der Waals surface area contributed by atoms with Crippen LogP contribution in [0.4, 0.5) is 0 Å². The highest BCUT2D eigenvalue weighted by Crippen LogP contribution is 2.30. The van der Waals surface area contributed by atoms with Crippen LogP contribution in [0.25, 0.3) is 0 Å². The van der Waals surface area contributed by atoms with E-state index >= 15 is 0 Å². The number of halogens is 1. The summed E-state index contributed by atoms with van der Waals surface area (Å²) >= 11 is 1.01. The van der Waals surface area contributed by atoms with Crippen LogP contribution in [0.2, 0.25) is 0 Å². The van der Waals surface area contributed by atoms with Gasteiger partial charge in [0, 0.05) is 29.2 Å². The van der Waals surface area contributed by atoms with E-state index in [1.54, 1.807) is 12.3 Å². The Morgan fingerprint density at radius 3 is 2.70 bits per heavy atom. The number of amides is 1. The molecule has 7 heteroatoms. The molecule has 0 spiro atoms. The molecular formula is C13H18ClNO3S2. The molecule has 1 amide bonds. The van der Waals surface area contributed by atoms with Crippen molar-refractivity contribution in [3.05, 3.63) is 16.5 Å². The van der Waals surface area contributed by atoms with E-state index in [0.717, 1.165) is 43.7 Å². The molecule has 1 aromatic rings. The number of carbonyl (C=O) groups excluding carboxylic acids is 1. The normalized spacial score (nSPS) is 20.8. The standard InChI is InChI=1S/C13H18ClNO3S2/c1-9-4-3-6-15(7-5-9)12(16)11-8-19-13(10(11)2)20(14,17)18/h8-9H,3-7H2,1-2H3. The molecule has 0 saturated carbocycles. The SMILES string of the molecule is Cc1c(C(=O)N2CCCC(C)CC2)csc1S(=O)(=O)Cl. The summed E-state index contributed by atoms with van der Waals surface area (Å²) in [5.74, 6) is 0.551. The Bertz CT molecular complexity index is 609. The zero-order valence-corrected chi connectivity index (χ0v) is 13.9. The molecule has 0 aliphatic carbocycles. The van der Waals surface area contributed by atoms with E-state index < -0.39 is 9.05 Å². The van der Waals surface area contributed by atoms with Crippen LogP contribution in [-0.4, -0.2) is 32.3 Å². The highest BCUT2D eigenvalue weighted by molar-refractivity contribution is 8.15. The van der Waals surface area contributed by atoms with Gasteiger partial charge in [-0.3, -0.25) is 4.79 Å². The number of nitrogens with zero attached hydrogens (tertiary/aromatic N) is 1. The van der Waals surface area contributed by atoms with Crippen LogP contribution >= 0.6 is 22.0 Å². The smallest absolute Gasteiger partial charge is 0.271 e. The van der Waals surface area contributed by atoms with Crippen molar-refractivity contribution in [1.29, 1.82) is 0 Å². The molecule has 0 N–H and O–H groups in total. The quantitative estimate of drug-likeness (QED) is 0.779. The fraction of sp³-hybridized carbons (Fsp3) is 0.615. The number of hydrogen-bond donors (Lipinski definition) is 0. The summed E-state index contributed by atoms with van der Waals surface area (Å²) in [7, 11) is 1.60. The van der Waals surface area contributed by atoms with Gasteiger partial charge in [0.15, 0.2) is 0 Å². The van der Waals surface area contributed by atoms with Crippen molar-refractivity contribution in [3.63, 3.8) is 0 Å². The molecule has 1 aliphatic rings. The minimum Gasteiger partial charge on any atom is -0.339 e. The van der Waals surface area contributed by atoms with Gasteiger partial charge in [0.1, 0.15) is 4.21 Å². The predicted molar refractivity (Wildman–Crippen MR) is 81.0 cm³/mol. The summed E-state index contributed by atoms with van der Waals surface area (Å²) in [5, 5.41) is 1.60. The summed E-state index contributed by atoms with van der Waals surface area (Å²) in [6.07, 6.45) is 3.13. The van der Waals surface area contributed by atoms with Crippen molar-refractivity contribution >= 4 is 37.0 Å². The summed E-state index contributed by atoms with van der Waals surface area (Å²) in [4.78, 5) is 14.3. The van der Waals surface area contributed by atoms with Crippen molar-refractivity contribution in [3.8, 4) is 0 Å². The number of thiophene rings is 1. The predicted octanol–water partition coefficient (Wildman–Crippen LogP) is 3.25. The molecule has 2 heterocycles. The number of likely N-dealkylation sites (tertiary alicyclic amines) is 1. The fourth-order valence-corrected chi connectivity index (χ4v) is 5.03. The molecule has 0 aromatic carbocycles. The molecule has 4 nitrogen and oxygen atoms in total. The fourth-order valence-electron chi connectivity index (χ4n) is 2.49. The molecule has 1 saturated heterocycles. The molecule has 20 heavy (non-hydrogen) atoms. The van der Waals surface area contributed by atoms with Crippen LogP contribution < -0.4 is 0 Å². The van der Waals surface area contributed by atoms with Crippen LogP contribution in [0.1, 0.15) is 42.1 Å². The van der Waals surface area contributed by atoms with Crippen LogP contribution in [0.15, 0.2) is 9.59 Å². The lowest BCUT2D eigenvalue weighted by Gasteiger charge is -2.20.